The Hall–Kier alpha value is -1.41. The predicted octanol–water partition coefficient (Wildman–Crippen LogP) is 4.78. The molecular formula is C18H28O2. The molecule has 0 saturated heterocycles. The topological polar surface area (TPSA) is 37.3 Å². The summed E-state index contributed by atoms with van der Waals surface area (Å²) < 4.78 is 0. The molecule has 112 valence electrons. The van der Waals surface area contributed by atoms with E-state index in [1.165, 1.54) is 44.9 Å². The fraction of sp³-hybridized carbons (Fsp3) is 0.722. The minimum Gasteiger partial charge on any atom is -0.481 e. The molecule has 0 aliphatic rings. The first-order valence-corrected chi connectivity index (χ1v) is 7.90. The maximum absolute atomic E-state index is 10.2. The summed E-state index contributed by atoms with van der Waals surface area (Å²) in [7, 11) is 0. The van der Waals surface area contributed by atoms with Crippen LogP contribution in [0.2, 0.25) is 0 Å². The third-order valence-corrected chi connectivity index (χ3v) is 2.99. The van der Waals surface area contributed by atoms with Crippen molar-refractivity contribution in [2.75, 3.05) is 0 Å². The molecule has 0 saturated carbocycles. The Morgan fingerprint density at radius 2 is 1.25 bits per heavy atom. The highest BCUT2D eigenvalue weighted by atomic mass is 16.4. The van der Waals surface area contributed by atoms with Gasteiger partial charge in [-0.15, -0.1) is 23.7 Å². The molecule has 0 aromatic heterocycles. The highest BCUT2D eigenvalue weighted by Gasteiger charge is 1.91. The van der Waals surface area contributed by atoms with E-state index in [0.717, 1.165) is 19.3 Å². The lowest BCUT2D eigenvalue weighted by Crippen LogP contribution is -1.91. The van der Waals surface area contributed by atoms with E-state index in [1.807, 2.05) is 0 Å². The predicted molar refractivity (Wildman–Crippen MR) is 84.3 cm³/mol. The van der Waals surface area contributed by atoms with Gasteiger partial charge in [0.05, 0.1) is 6.42 Å². The van der Waals surface area contributed by atoms with Gasteiger partial charge in [0.15, 0.2) is 0 Å². The van der Waals surface area contributed by atoms with Gasteiger partial charge >= 0.3 is 5.97 Å². The van der Waals surface area contributed by atoms with E-state index in [4.69, 9.17) is 5.11 Å². The van der Waals surface area contributed by atoms with Crippen molar-refractivity contribution in [1.82, 2.24) is 0 Å². The van der Waals surface area contributed by atoms with Crippen LogP contribution in [-0.2, 0) is 4.79 Å². The van der Waals surface area contributed by atoms with E-state index in [2.05, 4.69) is 30.6 Å². The van der Waals surface area contributed by atoms with E-state index < -0.39 is 5.97 Å². The van der Waals surface area contributed by atoms with E-state index in [1.54, 1.807) is 0 Å². The van der Waals surface area contributed by atoms with Crippen molar-refractivity contribution in [3.05, 3.63) is 0 Å². The maximum atomic E-state index is 10.2. The van der Waals surface area contributed by atoms with Gasteiger partial charge in [-0.2, -0.15) is 0 Å². The van der Waals surface area contributed by atoms with Crippen LogP contribution < -0.4 is 0 Å². The van der Waals surface area contributed by atoms with Crippen LogP contribution in [0.3, 0.4) is 0 Å². The third-order valence-electron chi connectivity index (χ3n) is 2.99. The Bertz CT molecular complexity index is 349. The second-order valence-electron chi connectivity index (χ2n) is 4.97. The summed E-state index contributed by atoms with van der Waals surface area (Å²) in [5.41, 5.74) is 0. The Balaban J connectivity index is 3.26. The minimum atomic E-state index is -0.784. The van der Waals surface area contributed by atoms with Gasteiger partial charge < -0.3 is 5.11 Å². The van der Waals surface area contributed by atoms with Crippen LogP contribution in [0.15, 0.2) is 0 Å². The third kappa shape index (κ3) is 16.6. The average molecular weight is 276 g/mol. The smallest absolute Gasteiger partial charge is 0.304 e. The van der Waals surface area contributed by atoms with Gasteiger partial charge in [-0.3, -0.25) is 4.79 Å². The summed E-state index contributed by atoms with van der Waals surface area (Å²) in [5, 5.41) is 8.43. The molecule has 0 aliphatic heterocycles. The van der Waals surface area contributed by atoms with Crippen molar-refractivity contribution in [2.45, 2.75) is 84.0 Å². The molecule has 0 rings (SSSR count). The highest BCUT2D eigenvalue weighted by molar-refractivity contribution is 5.66. The average Bonchev–Trinajstić information content (AvgIpc) is 2.43. The van der Waals surface area contributed by atoms with Crippen LogP contribution in [0, 0.1) is 23.7 Å². The Morgan fingerprint density at radius 3 is 1.85 bits per heavy atom. The zero-order chi connectivity index (χ0) is 14.9. The summed E-state index contributed by atoms with van der Waals surface area (Å²) >= 11 is 0. The molecule has 2 nitrogen and oxygen atoms in total. The summed E-state index contributed by atoms with van der Waals surface area (Å²) in [5.74, 6) is 11.3. The molecule has 0 aliphatic carbocycles. The number of aliphatic carboxylic acids is 1. The molecule has 0 atom stereocenters. The molecule has 1 N–H and O–H groups in total. The van der Waals surface area contributed by atoms with Crippen LogP contribution in [0.4, 0.5) is 0 Å². The quantitative estimate of drug-likeness (QED) is 0.460. The number of hydrogen-bond acceptors (Lipinski definition) is 1. The first kappa shape index (κ1) is 18.6. The molecule has 0 bridgehead atoms. The molecule has 0 radical (unpaired) electrons. The molecule has 0 spiro atoms. The van der Waals surface area contributed by atoms with Gasteiger partial charge in [0.2, 0.25) is 0 Å². The molecule has 0 aromatic carbocycles. The van der Waals surface area contributed by atoms with Crippen LogP contribution >= 0.6 is 0 Å². The van der Waals surface area contributed by atoms with Gasteiger partial charge in [-0.25, -0.2) is 0 Å². The fourth-order valence-corrected chi connectivity index (χ4v) is 1.82. The van der Waals surface area contributed by atoms with Gasteiger partial charge in [0.25, 0.3) is 0 Å². The number of unbranched alkanes of at least 4 members (excludes halogenated alkanes) is 8. The largest absolute Gasteiger partial charge is 0.481 e. The Kier molecular flexibility index (Phi) is 14.5. The molecule has 0 fully saturated rings. The normalized spacial score (nSPS) is 9.25. The maximum Gasteiger partial charge on any atom is 0.304 e. The monoisotopic (exact) mass is 276 g/mol. The van der Waals surface area contributed by atoms with E-state index in [0.29, 0.717) is 6.42 Å². The first-order valence-electron chi connectivity index (χ1n) is 7.90. The number of rotatable bonds is 10. The standard InChI is InChI=1S/C18H28O2/c1-2-3-4-5-6-7-8-9-10-11-12-13-14-15-16-17-18(19)20/h2-9,12-13,16-17H2,1H3,(H,19,20). The van der Waals surface area contributed by atoms with Crippen molar-refractivity contribution in [2.24, 2.45) is 0 Å². The lowest BCUT2D eigenvalue weighted by molar-refractivity contribution is -0.136. The summed E-state index contributed by atoms with van der Waals surface area (Å²) in [6.07, 6.45) is 12.4. The van der Waals surface area contributed by atoms with Gasteiger partial charge in [0.1, 0.15) is 0 Å². The van der Waals surface area contributed by atoms with E-state index >= 15 is 0 Å². The number of carboxylic acids is 1. The van der Waals surface area contributed by atoms with Crippen molar-refractivity contribution in [3.8, 4) is 23.7 Å². The zero-order valence-electron chi connectivity index (χ0n) is 12.8. The molecule has 0 heterocycles. The van der Waals surface area contributed by atoms with E-state index in [-0.39, 0.29) is 6.42 Å². The number of hydrogen-bond donors (Lipinski definition) is 1. The second kappa shape index (κ2) is 15.6. The highest BCUT2D eigenvalue weighted by Crippen LogP contribution is 2.07. The van der Waals surface area contributed by atoms with Gasteiger partial charge in [-0.05, 0) is 6.42 Å². The molecule has 0 unspecified atom stereocenters. The number of carboxylic acid groups (broad SMARTS) is 1. The summed E-state index contributed by atoms with van der Waals surface area (Å²) in [6.45, 7) is 2.24. The zero-order valence-corrected chi connectivity index (χ0v) is 12.8. The lowest BCUT2D eigenvalue weighted by atomic mass is 10.1. The molecular weight excluding hydrogens is 248 g/mol. The Morgan fingerprint density at radius 1 is 0.750 bits per heavy atom. The van der Waals surface area contributed by atoms with Gasteiger partial charge in [-0.1, -0.05) is 45.4 Å². The molecule has 2 heteroatoms. The Labute approximate surface area is 124 Å². The fourth-order valence-electron chi connectivity index (χ4n) is 1.82. The molecule has 20 heavy (non-hydrogen) atoms. The minimum absolute atomic E-state index is 0.136. The van der Waals surface area contributed by atoms with Crippen molar-refractivity contribution in [1.29, 1.82) is 0 Å². The van der Waals surface area contributed by atoms with E-state index in [9.17, 15) is 4.79 Å². The van der Waals surface area contributed by atoms with Crippen molar-refractivity contribution < 1.29 is 9.90 Å². The first-order chi connectivity index (χ1) is 9.77. The van der Waals surface area contributed by atoms with Crippen LogP contribution in [0.5, 0.6) is 0 Å². The van der Waals surface area contributed by atoms with Crippen LogP contribution in [0.25, 0.3) is 0 Å². The van der Waals surface area contributed by atoms with Crippen LogP contribution in [-0.4, -0.2) is 11.1 Å². The molecule has 0 amide bonds. The second-order valence-corrected chi connectivity index (χ2v) is 4.97. The van der Waals surface area contributed by atoms with Crippen molar-refractivity contribution >= 4 is 5.97 Å². The van der Waals surface area contributed by atoms with Crippen molar-refractivity contribution in [3.63, 3.8) is 0 Å². The lowest BCUT2D eigenvalue weighted by Gasteiger charge is -1.97. The SMILES string of the molecule is CCCCCCCCCC#CCCC#CCCC(=O)O. The molecule has 0 aromatic rings. The number of carbonyl (C=O) groups is 1. The summed E-state index contributed by atoms with van der Waals surface area (Å²) in [6, 6.07) is 0. The summed E-state index contributed by atoms with van der Waals surface area (Å²) in [4.78, 5) is 10.2. The van der Waals surface area contributed by atoms with Crippen LogP contribution in [0.1, 0.15) is 84.0 Å². The van der Waals surface area contributed by atoms with Gasteiger partial charge in [0, 0.05) is 25.7 Å².